The fourth-order valence-electron chi connectivity index (χ4n) is 4.10. The lowest BCUT2D eigenvalue weighted by molar-refractivity contribution is 0.0796. The Morgan fingerprint density at radius 1 is 1.18 bits per heavy atom. The molecule has 0 atom stereocenters. The summed E-state index contributed by atoms with van der Waals surface area (Å²) in [4.78, 5) is 20.2. The molecule has 1 fully saturated rings. The molecule has 1 saturated heterocycles. The molecule has 0 radical (unpaired) electrons. The van der Waals surface area contributed by atoms with Crippen LogP contribution in [0, 0.1) is 6.92 Å². The second kappa shape index (κ2) is 9.40. The van der Waals surface area contributed by atoms with Crippen molar-refractivity contribution in [1.82, 2.24) is 18.8 Å². The summed E-state index contributed by atoms with van der Waals surface area (Å²) in [7, 11) is -1.92. The maximum Gasteiger partial charge on any atom is 0.265 e. The molecule has 4 rings (SSSR count). The van der Waals surface area contributed by atoms with Crippen molar-refractivity contribution in [2.45, 2.75) is 51.1 Å². The number of hydrogen-bond acceptors (Lipinski definition) is 5. The zero-order valence-electron chi connectivity index (χ0n) is 19.5. The molecule has 0 unspecified atom stereocenters. The standard InChI is InChI=1S/C24H30N4O3S2/c1-17(2)28(15-19-10-6-5-7-11-19)33(30,31)20-14-21(26(4)16-20)23-25-18(3)22(32-23)24(29)27-12-8-9-13-27/h5-7,10-11,14,16-17H,8-9,12-13,15H2,1-4H3. The van der Waals surface area contributed by atoms with Crippen LogP contribution in [-0.2, 0) is 23.6 Å². The summed E-state index contributed by atoms with van der Waals surface area (Å²) >= 11 is 1.33. The molecule has 176 valence electrons. The number of amides is 1. The zero-order chi connectivity index (χ0) is 23.8. The van der Waals surface area contributed by atoms with Crippen molar-refractivity contribution in [3.05, 3.63) is 58.7 Å². The van der Waals surface area contributed by atoms with Crippen LogP contribution in [-0.4, -0.2) is 52.2 Å². The predicted octanol–water partition coefficient (Wildman–Crippen LogP) is 4.29. The third-order valence-electron chi connectivity index (χ3n) is 5.95. The summed E-state index contributed by atoms with van der Waals surface area (Å²) in [5.74, 6) is 0.0182. The Hall–Kier alpha value is -2.49. The monoisotopic (exact) mass is 486 g/mol. The molecule has 3 aromatic rings. The number of aryl methyl sites for hydroxylation is 2. The molecule has 0 spiro atoms. The van der Waals surface area contributed by atoms with Gasteiger partial charge in [0.05, 0.1) is 11.4 Å². The Bertz CT molecular complexity index is 1240. The lowest BCUT2D eigenvalue weighted by atomic mass is 10.2. The van der Waals surface area contributed by atoms with Crippen molar-refractivity contribution in [2.75, 3.05) is 13.1 Å². The highest BCUT2D eigenvalue weighted by Gasteiger charge is 2.30. The van der Waals surface area contributed by atoms with E-state index < -0.39 is 10.0 Å². The molecule has 0 aliphatic carbocycles. The highest BCUT2D eigenvalue weighted by atomic mass is 32.2. The molecule has 1 aromatic carbocycles. The van der Waals surface area contributed by atoms with Crippen molar-refractivity contribution in [3.63, 3.8) is 0 Å². The van der Waals surface area contributed by atoms with Crippen molar-refractivity contribution < 1.29 is 13.2 Å². The Kier molecular flexibility index (Phi) is 6.74. The minimum Gasteiger partial charge on any atom is -0.347 e. The van der Waals surface area contributed by atoms with Crippen molar-refractivity contribution >= 4 is 27.3 Å². The molecule has 1 aliphatic rings. The molecular formula is C24H30N4O3S2. The Labute approximate surface area is 199 Å². The summed E-state index contributed by atoms with van der Waals surface area (Å²) in [5.41, 5.74) is 2.31. The van der Waals surface area contributed by atoms with E-state index in [0.717, 1.165) is 31.5 Å². The number of sulfonamides is 1. The fourth-order valence-corrected chi connectivity index (χ4v) is 6.89. The van der Waals surface area contributed by atoms with Gasteiger partial charge in [0.1, 0.15) is 14.8 Å². The van der Waals surface area contributed by atoms with Gasteiger partial charge in [-0.2, -0.15) is 4.31 Å². The highest BCUT2D eigenvalue weighted by molar-refractivity contribution is 7.89. The summed E-state index contributed by atoms with van der Waals surface area (Å²) in [5, 5.41) is 0.651. The van der Waals surface area contributed by atoms with Crippen molar-refractivity contribution in [1.29, 1.82) is 0 Å². The van der Waals surface area contributed by atoms with E-state index in [9.17, 15) is 13.2 Å². The number of benzene rings is 1. The number of rotatable bonds is 7. The van der Waals surface area contributed by atoms with E-state index >= 15 is 0 Å². The maximum atomic E-state index is 13.6. The number of nitrogens with zero attached hydrogens (tertiary/aromatic N) is 4. The van der Waals surface area contributed by atoms with E-state index in [-0.39, 0.29) is 16.8 Å². The molecule has 1 amide bonds. The lowest BCUT2D eigenvalue weighted by Crippen LogP contribution is -2.36. The summed E-state index contributed by atoms with van der Waals surface area (Å²) in [6.07, 6.45) is 3.69. The van der Waals surface area contributed by atoms with Gasteiger partial charge in [0.25, 0.3) is 5.91 Å². The van der Waals surface area contributed by atoms with Crippen molar-refractivity contribution in [2.24, 2.45) is 7.05 Å². The second-order valence-electron chi connectivity index (χ2n) is 8.73. The minimum atomic E-state index is -3.73. The first-order valence-corrected chi connectivity index (χ1v) is 13.4. The van der Waals surface area contributed by atoms with Crippen LogP contribution in [0.4, 0.5) is 0 Å². The number of thiazole rings is 1. The van der Waals surface area contributed by atoms with Crippen LogP contribution in [0.1, 0.15) is 47.6 Å². The molecule has 9 heteroatoms. The van der Waals surface area contributed by atoms with Gasteiger partial charge >= 0.3 is 0 Å². The number of hydrogen-bond donors (Lipinski definition) is 0. The Morgan fingerprint density at radius 2 is 1.85 bits per heavy atom. The first-order chi connectivity index (χ1) is 15.7. The molecule has 7 nitrogen and oxygen atoms in total. The van der Waals surface area contributed by atoms with Crippen LogP contribution < -0.4 is 0 Å². The highest BCUT2D eigenvalue weighted by Crippen LogP contribution is 2.33. The van der Waals surface area contributed by atoms with Gasteiger partial charge in [-0.05, 0) is 45.2 Å². The lowest BCUT2D eigenvalue weighted by Gasteiger charge is -2.25. The quantitative estimate of drug-likeness (QED) is 0.499. The maximum absolute atomic E-state index is 13.6. The molecule has 3 heterocycles. The van der Waals surface area contributed by atoms with E-state index in [2.05, 4.69) is 4.98 Å². The predicted molar refractivity (Wildman–Crippen MR) is 131 cm³/mol. The van der Waals surface area contributed by atoms with E-state index in [1.165, 1.54) is 15.6 Å². The SMILES string of the molecule is Cc1nc(-c2cc(S(=O)(=O)N(Cc3ccccc3)C(C)C)cn2C)sc1C(=O)N1CCCC1. The van der Waals surface area contributed by atoms with E-state index in [1.54, 1.807) is 16.8 Å². The van der Waals surface area contributed by atoms with Crippen LogP contribution in [0.3, 0.4) is 0 Å². The normalized spacial score (nSPS) is 14.5. The van der Waals surface area contributed by atoms with Gasteiger partial charge in [0, 0.05) is 38.9 Å². The minimum absolute atomic E-state index is 0.0182. The van der Waals surface area contributed by atoms with Gasteiger partial charge in [-0.1, -0.05) is 30.3 Å². The van der Waals surface area contributed by atoms with Gasteiger partial charge in [-0.15, -0.1) is 11.3 Å². The average Bonchev–Trinajstić information content (AvgIpc) is 3.52. The Morgan fingerprint density at radius 3 is 2.48 bits per heavy atom. The number of likely N-dealkylation sites (tertiary alicyclic amines) is 1. The fraction of sp³-hybridized carbons (Fsp3) is 0.417. The first kappa shape index (κ1) is 23.7. The van der Waals surface area contributed by atoms with Gasteiger partial charge in [-0.25, -0.2) is 13.4 Å². The molecule has 0 saturated carbocycles. The average molecular weight is 487 g/mol. The third-order valence-corrected chi connectivity index (χ3v) is 9.10. The number of carbonyl (C=O) groups excluding carboxylic acids is 1. The van der Waals surface area contributed by atoms with Crippen molar-refractivity contribution in [3.8, 4) is 10.7 Å². The van der Waals surface area contributed by atoms with E-state index in [4.69, 9.17) is 0 Å². The largest absolute Gasteiger partial charge is 0.347 e. The molecule has 0 N–H and O–H groups in total. The molecule has 1 aliphatic heterocycles. The van der Waals surface area contributed by atoms with Crippen LogP contribution >= 0.6 is 11.3 Å². The molecular weight excluding hydrogens is 456 g/mol. The van der Waals surface area contributed by atoms with E-state index in [1.807, 2.05) is 63.1 Å². The van der Waals surface area contributed by atoms with E-state index in [0.29, 0.717) is 27.8 Å². The molecule has 2 aromatic heterocycles. The number of carbonyl (C=O) groups is 1. The van der Waals surface area contributed by atoms with Crippen LogP contribution in [0.5, 0.6) is 0 Å². The molecule has 0 bridgehead atoms. The third kappa shape index (κ3) is 4.76. The first-order valence-electron chi connectivity index (χ1n) is 11.2. The van der Waals surface area contributed by atoms with Gasteiger partial charge in [0.2, 0.25) is 10.0 Å². The topological polar surface area (TPSA) is 75.5 Å². The zero-order valence-corrected chi connectivity index (χ0v) is 21.1. The summed E-state index contributed by atoms with van der Waals surface area (Å²) < 4.78 is 30.4. The number of aromatic nitrogens is 2. The van der Waals surface area contributed by atoms with Crippen LogP contribution in [0.25, 0.3) is 10.7 Å². The summed E-state index contributed by atoms with van der Waals surface area (Å²) in [6, 6.07) is 11.1. The van der Waals surface area contributed by atoms with Crippen LogP contribution in [0.2, 0.25) is 0 Å². The summed E-state index contributed by atoms with van der Waals surface area (Å²) in [6.45, 7) is 7.46. The second-order valence-corrected chi connectivity index (χ2v) is 11.6. The Balaban J connectivity index is 1.65. The van der Waals surface area contributed by atoms with Crippen LogP contribution in [0.15, 0.2) is 47.5 Å². The van der Waals surface area contributed by atoms with Gasteiger partial charge < -0.3 is 9.47 Å². The van der Waals surface area contributed by atoms with Gasteiger partial charge in [0.15, 0.2) is 0 Å². The molecule has 33 heavy (non-hydrogen) atoms. The van der Waals surface area contributed by atoms with Gasteiger partial charge in [-0.3, -0.25) is 4.79 Å². The smallest absolute Gasteiger partial charge is 0.265 e.